The number of rotatable bonds is 5. The third-order valence-corrected chi connectivity index (χ3v) is 2.53. The van der Waals surface area contributed by atoms with E-state index in [4.69, 9.17) is 17.0 Å². The summed E-state index contributed by atoms with van der Waals surface area (Å²) in [7, 11) is 0. The van der Waals surface area contributed by atoms with E-state index in [1.54, 1.807) is 0 Å². The minimum Gasteiger partial charge on any atom is -0.470 e. The van der Waals surface area contributed by atoms with Gasteiger partial charge in [0.15, 0.2) is 0 Å². The third kappa shape index (κ3) is 5.45. The Bertz CT molecular complexity index is 387. The van der Waals surface area contributed by atoms with Crippen LogP contribution in [0.1, 0.15) is 25.3 Å². The minimum absolute atomic E-state index is 0.183. The predicted octanol–water partition coefficient (Wildman–Crippen LogP) is 3.08. The SMILES string of the molecule is CCC(=O)CCOC(=S)Nc1ccc(C)cc1. The predicted molar refractivity (Wildman–Crippen MR) is 73.3 cm³/mol. The number of Topliss-reactive ketones (excluding diaryl/α,β-unsaturated/α-hetero) is 1. The van der Waals surface area contributed by atoms with E-state index in [1.807, 2.05) is 38.1 Å². The van der Waals surface area contributed by atoms with Crippen molar-refractivity contribution in [3.05, 3.63) is 29.8 Å². The summed E-state index contributed by atoms with van der Waals surface area (Å²) in [4.78, 5) is 11.0. The zero-order valence-electron chi connectivity index (χ0n) is 10.2. The number of thiocarbonyl (C=S) groups is 1. The first-order valence-electron chi connectivity index (χ1n) is 5.64. The molecule has 0 fully saturated rings. The molecule has 0 aliphatic heterocycles. The molecule has 0 bridgehead atoms. The van der Waals surface area contributed by atoms with Crippen LogP contribution >= 0.6 is 12.2 Å². The molecular formula is C13H17NO2S. The highest BCUT2D eigenvalue weighted by molar-refractivity contribution is 7.80. The fraction of sp³-hybridized carbons (Fsp3) is 0.385. The molecule has 92 valence electrons. The van der Waals surface area contributed by atoms with Crippen LogP contribution in [0, 0.1) is 6.92 Å². The van der Waals surface area contributed by atoms with Crippen molar-refractivity contribution in [3.63, 3.8) is 0 Å². The van der Waals surface area contributed by atoms with Gasteiger partial charge in [0.1, 0.15) is 5.78 Å². The number of benzene rings is 1. The average molecular weight is 251 g/mol. The van der Waals surface area contributed by atoms with Crippen LogP contribution < -0.4 is 5.32 Å². The first kappa shape index (κ1) is 13.6. The van der Waals surface area contributed by atoms with Crippen molar-refractivity contribution in [2.75, 3.05) is 11.9 Å². The van der Waals surface area contributed by atoms with E-state index < -0.39 is 0 Å². The molecule has 0 aromatic heterocycles. The number of ketones is 1. The summed E-state index contributed by atoms with van der Waals surface area (Å²) in [6.45, 7) is 4.20. The van der Waals surface area contributed by atoms with Crippen LogP contribution in [-0.2, 0) is 9.53 Å². The van der Waals surface area contributed by atoms with Crippen LogP contribution in [0.5, 0.6) is 0 Å². The molecule has 4 heteroatoms. The van der Waals surface area contributed by atoms with Crippen LogP contribution in [0.4, 0.5) is 5.69 Å². The maximum Gasteiger partial charge on any atom is 0.261 e. The highest BCUT2D eigenvalue weighted by atomic mass is 32.1. The summed E-state index contributed by atoms with van der Waals surface area (Å²) in [5.74, 6) is 0.183. The average Bonchev–Trinajstić information content (AvgIpc) is 2.32. The van der Waals surface area contributed by atoms with Crippen molar-refractivity contribution in [2.45, 2.75) is 26.7 Å². The monoisotopic (exact) mass is 251 g/mol. The van der Waals surface area contributed by atoms with Crippen molar-refractivity contribution >= 4 is 28.9 Å². The van der Waals surface area contributed by atoms with Gasteiger partial charge in [0.05, 0.1) is 6.61 Å². The number of carbonyl (C=O) groups excluding carboxylic acids is 1. The van der Waals surface area contributed by atoms with Gasteiger partial charge in [0, 0.05) is 18.5 Å². The Hall–Kier alpha value is -1.42. The van der Waals surface area contributed by atoms with Crippen molar-refractivity contribution in [2.24, 2.45) is 0 Å². The van der Waals surface area contributed by atoms with Gasteiger partial charge in [-0.15, -0.1) is 0 Å². The second kappa shape index (κ2) is 7.01. The fourth-order valence-electron chi connectivity index (χ4n) is 1.23. The topological polar surface area (TPSA) is 38.3 Å². The Labute approximate surface area is 107 Å². The lowest BCUT2D eigenvalue weighted by Gasteiger charge is -2.09. The summed E-state index contributed by atoms with van der Waals surface area (Å²) >= 11 is 5.01. The van der Waals surface area contributed by atoms with Gasteiger partial charge in [-0.1, -0.05) is 24.6 Å². The first-order valence-corrected chi connectivity index (χ1v) is 6.04. The molecule has 17 heavy (non-hydrogen) atoms. The number of nitrogens with one attached hydrogen (secondary N) is 1. The second-order valence-electron chi connectivity index (χ2n) is 3.77. The van der Waals surface area contributed by atoms with Crippen molar-refractivity contribution in [3.8, 4) is 0 Å². The molecule has 0 atom stereocenters. The van der Waals surface area contributed by atoms with E-state index in [1.165, 1.54) is 5.56 Å². The normalized spacial score (nSPS) is 9.76. The lowest BCUT2D eigenvalue weighted by molar-refractivity contribution is -0.119. The first-order chi connectivity index (χ1) is 8.11. The molecule has 0 heterocycles. The molecule has 1 rings (SSSR count). The Morgan fingerprint density at radius 3 is 2.59 bits per heavy atom. The molecule has 3 nitrogen and oxygen atoms in total. The van der Waals surface area contributed by atoms with Crippen molar-refractivity contribution in [1.29, 1.82) is 0 Å². The summed E-state index contributed by atoms with van der Waals surface area (Å²) < 4.78 is 5.25. The van der Waals surface area contributed by atoms with Crippen LogP contribution in [0.25, 0.3) is 0 Å². The van der Waals surface area contributed by atoms with Gasteiger partial charge >= 0.3 is 0 Å². The molecule has 1 aromatic carbocycles. The molecule has 0 saturated heterocycles. The molecule has 0 unspecified atom stereocenters. The molecule has 0 amide bonds. The van der Waals surface area contributed by atoms with Gasteiger partial charge in [-0.2, -0.15) is 0 Å². The van der Waals surface area contributed by atoms with Gasteiger partial charge < -0.3 is 10.1 Å². The largest absolute Gasteiger partial charge is 0.470 e. The fourth-order valence-corrected chi connectivity index (χ4v) is 1.43. The standard InChI is InChI=1S/C13H17NO2S/c1-3-12(15)8-9-16-13(17)14-11-6-4-10(2)5-7-11/h4-7H,3,8-9H2,1-2H3,(H,14,17). The van der Waals surface area contributed by atoms with Gasteiger partial charge in [0.2, 0.25) is 0 Å². The van der Waals surface area contributed by atoms with Gasteiger partial charge in [0.25, 0.3) is 5.17 Å². The highest BCUT2D eigenvalue weighted by Gasteiger charge is 2.01. The van der Waals surface area contributed by atoms with E-state index in [9.17, 15) is 4.79 Å². The highest BCUT2D eigenvalue weighted by Crippen LogP contribution is 2.08. The number of hydrogen-bond donors (Lipinski definition) is 1. The summed E-state index contributed by atoms with van der Waals surface area (Å²) in [6, 6.07) is 7.85. The van der Waals surface area contributed by atoms with Crippen LogP contribution in [0.15, 0.2) is 24.3 Å². The lowest BCUT2D eigenvalue weighted by atomic mass is 10.2. The number of ether oxygens (including phenoxy) is 1. The molecule has 1 N–H and O–H groups in total. The number of anilines is 1. The number of aryl methyl sites for hydroxylation is 1. The summed E-state index contributed by atoms with van der Waals surface area (Å²) in [5.41, 5.74) is 2.08. The molecule has 0 radical (unpaired) electrons. The van der Waals surface area contributed by atoms with Crippen molar-refractivity contribution < 1.29 is 9.53 Å². The van der Waals surface area contributed by atoms with Crippen molar-refractivity contribution in [1.82, 2.24) is 0 Å². The zero-order valence-corrected chi connectivity index (χ0v) is 11.0. The van der Waals surface area contributed by atoms with Gasteiger partial charge in [-0.05, 0) is 31.3 Å². The molecule has 1 aromatic rings. The lowest BCUT2D eigenvalue weighted by Crippen LogP contribution is -2.15. The van der Waals surface area contributed by atoms with E-state index in [-0.39, 0.29) is 5.78 Å². The number of carbonyl (C=O) groups is 1. The molecular weight excluding hydrogens is 234 g/mol. The maximum atomic E-state index is 11.0. The van der Waals surface area contributed by atoms with Crippen LogP contribution in [0.2, 0.25) is 0 Å². The minimum atomic E-state index is 0.183. The van der Waals surface area contributed by atoms with Crippen LogP contribution in [-0.4, -0.2) is 17.6 Å². The van der Waals surface area contributed by atoms with Crippen LogP contribution in [0.3, 0.4) is 0 Å². The summed E-state index contributed by atoms with van der Waals surface area (Å²) in [6.07, 6.45) is 0.952. The Kier molecular flexibility index (Phi) is 5.63. The number of hydrogen-bond acceptors (Lipinski definition) is 3. The molecule has 0 spiro atoms. The Balaban J connectivity index is 2.30. The third-order valence-electron chi connectivity index (χ3n) is 2.31. The molecule has 0 saturated carbocycles. The van der Waals surface area contributed by atoms with Gasteiger partial charge in [-0.3, -0.25) is 4.79 Å². The van der Waals surface area contributed by atoms with E-state index in [0.29, 0.717) is 24.6 Å². The Morgan fingerprint density at radius 2 is 2.00 bits per heavy atom. The van der Waals surface area contributed by atoms with E-state index in [2.05, 4.69) is 5.32 Å². The van der Waals surface area contributed by atoms with Gasteiger partial charge in [-0.25, -0.2) is 0 Å². The van der Waals surface area contributed by atoms with E-state index in [0.717, 1.165) is 5.69 Å². The quantitative estimate of drug-likeness (QED) is 0.816. The molecule has 0 aliphatic rings. The maximum absolute atomic E-state index is 11.0. The zero-order chi connectivity index (χ0) is 12.7. The smallest absolute Gasteiger partial charge is 0.261 e. The van der Waals surface area contributed by atoms with E-state index >= 15 is 0 Å². The summed E-state index contributed by atoms with van der Waals surface area (Å²) in [5, 5.41) is 3.26. The molecule has 0 aliphatic carbocycles. The second-order valence-corrected chi connectivity index (χ2v) is 4.14. The Morgan fingerprint density at radius 1 is 1.35 bits per heavy atom.